The molecule has 1 unspecified atom stereocenters. The van der Waals surface area contributed by atoms with Gasteiger partial charge in [0.25, 0.3) is 0 Å². The lowest BCUT2D eigenvalue weighted by Crippen LogP contribution is -2.36. The summed E-state index contributed by atoms with van der Waals surface area (Å²) in [6, 6.07) is 0. The van der Waals surface area contributed by atoms with E-state index in [1.165, 1.54) is 12.8 Å². The van der Waals surface area contributed by atoms with Crippen LogP contribution in [0, 0.1) is 5.92 Å². The van der Waals surface area contributed by atoms with E-state index in [0.29, 0.717) is 12.3 Å². The van der Waals surface area contributed by atoms with Crippen LogP contribution in [-0.4, -0.2) is 40.3 Å². The standard InChI is InChI=1S/C9H21N3O2S/c10-15(13,14)6-2-5-12-8-9-3-1-4-11-7-9/h9,11-12H,1-8H2,(H2,10,13,14). The Morgan fingerprint density at radius 3 is 2.87 bits per heavy atom. The summed E-state index contributed by atoms with van der Waals surface area (Å²) in [4.78, 5) is 0. The van der Waals surface area contributed by atoms with Gasteiger partial charge in [0.15, 0.2) is 0 Å². The van der Waals surface area contributed by atoms with Gasteiger partial charge in [-0.1, -0.05) is 0 Å². The van der Waals surface area contributed by atoms with E-state index in [2.05, 4.69) is 10.6 Å². The minimum absolute atomic E-state index is 0.0723. The highest BCUT2D eigenvalue weighted by Gasteiger charge is 2.11. The minimum Gasteiger partial charge on any atom is -0.316 e. The normalized spacial score (nSPS) is 22.9. The van der Waals surface area contributed by atoms with E-state index in [-0.39, 0.29) is 5.75 Å². The fraction of sp³-hybridized carbons (Fsp3) is 1.00. The summed E-state index contributed by atoms with van der Waals surface area (Å²) >= 11 is 0. The summed E-state index contributed by atoms with van der Waals surface area (Å²) in [7, 11) is -3.28. The average molecular weight is 235 g/mol. The highest BCUT2D eigenvalue weighted by Crippen LogP contribution is 2.07. The molecule has 0 spiro atoms. The van der Waals surface area contributed by atoms with Gasteiger partial charge in [-0.2, -0.15) is 0 Å². The third-order valence-electron chi connectivity index (χ3n) is 2.61. The van der Waals surface area contributed by atoms with Crippen molar-refractivity contribution in [2.24, 2.45) is 11.1 Å². The molecule has 1 fully saturated rings. The van der Waals surface area contributed by atoms with Gasteiger partial charge >= 0.3 is 0 Å². The number of piperidine rings is 1. The molecule has 1 saturated heterocycles. The van der Waals surface area contributed by atoms with Crippen molar-refractivity contribution in [1.82, 2.24) is 10.6 Å². The van der Waals surface area contributed by atoms with Gasteiger partial charge in [0.2, 0.25) is 10.0 Å². The molecule has 1 aliphatic rings. The monoisotopic (exact) mass is 235 g/mol. The largest absolute Gasteiger partial charge is 0.316 e. The fourth-order valence-corrected chi connectivity index (χ4v) is 2.35. The van der Waals surface area contributed by atoms with E-state index in [0.717, 1.165) is 26.2 Å². The van der Waals surface area contributed by atoms with Gasteiger partial charge in [0, 0.05) is 0 Å². The first kappa shape index (κ1) is 12.9. The highest BCUT2D eigenvalue weighted by atomic mass is 32.2. The van der Waals surface area contributed by atoms with E-state index in [1.54, 1.807) is 0 Å². The Hall–Kier alpha value is -0.170. The molecule has 1 heterocycles. The number of hydrogen-bond acceptors (Lipinski definition) is 4. The molecular formula is C9H21N3O2S. The van der Waals surface area contributed by atoms with E-state index in [4.69, 9.17) is 5.14 Å². The van der Waals surface area contributed by atoms with Crippen molar-refractivity contribution in [3.05, 3.63) is 0 Å². The quantitative estimate of drug-likeness (QED) is 0.529. The van der Waals surface area contributed by atoms with Gasteiger partial charge in [-0.25, -0.2) is 13.6 Å². The molecular weight excluding hydrogens is 214 g/mol. The zero-order valence-electron chi connectivity index (χ0n) is 9.04. The molecule has 0 aliphatic carbocycles. The molecule has 0 aromatic carbocycles. The molecule has 0 saturated carbocycles. The molecule has 5 nitrogen and oxygen atoms in total. The summed E-state index contributed by atoms with van der Waals surface area (Å²) in [5.74, 6) is 0.761. The predicted octanol–water partition coefficient (Wildman–Crippen LogP) is -0.746. The Kier molecular flexibility index (Phi) is 5.52. The molecule has 0 aromatic rings. The molecule has 15 heavy (non-hydrogen) atoms. The molecule has 0 radical (unpaired) electrons. The maximum absolute atomic E-state index is 10.6. The van der Waals surface area contributed by atoms with Crippen molar-refractivity contribution >= 4 is 10.0 Å². The summed E-state index contributed by atoms with van der Waals surface area (Å²) in [6.07, 6.45) is 3.09. The lowest BCUT2D eigenvalue weighted by molar-refractivity contribution is 0.361. The number of hydrogen-bond donors (Lipinski definition) is 3. The maximum atomic E-state index is 10.6. The van der Waals surface area contributed by atoms with Crippen LogP contribution < -0.4 is 15.8 Å². The van der Waals surface area contributed by atoms with Crippen molar-refractivity contribution in [1.29, 1.82) is 0 Å². The number of nitrogens with one attached hydrogen (secondary N) is 2. The maximum Gasteiger partial charge on any atom is 0.209 e. The lowest BCUT2D eigenvalue weighted by atomic mass is 10.00. The van der Waals surface area contributed by atoms with E-state index >= 15 is 0 Å². The minimum atomic E-state index is -3.28. The van der Waals surface area contributed by atoms with Crippen molar-refractivity contribution in [2.75, 3.05) is 31.9 Å². The van der Waals surface area contributed by atoms with Gasteiger partial charge in [-0.3, -0.25) is 0 Å². The first-order valence-corrected chi connectivity index (χ1v) is 7.21. The molecule has 1 atom stereocenters. The first-order valence-electron chi connectivity index (χ1n) is 5.50. The van der Waals surface area contributed by atoms with Gasteiger partial charge in [0.05, 0.1) is 5.75 Å². The number of primary sulfonamides is 1. The summed E-state index contributed by atoms with van der Waals surface area (Å²) in [5.41, 5.74) is 0. The molecule has 0 amide bonds. The van der Waals surface area contributed by atoms with Crippen LogP contribution in [0.4, 0.5) is 0 Å². The Morgan fingerprint density at radius 1 is 1.47 bits per heavy atom. The summed E-state index contributed by atoms with van der Waals surface area (Å²) in [6.45, 7) is 3.90. The zero-order valence-corrected chi connectivity index (χ0v) is 9.85. The van der Waals surface area contributed by atoms with Gasteiger partial charge in [0.1, 0.15) is 0 Å². The number of sulfonamides is 1. The fourth-order valence-electron chi connectivity index (χ4n) is 1.80. The second kappa shape index (κ2) is 6.42. The Morgan fingerprint density at radius 2 is 2.27 bits per heavy atom. The van der Waals surface area contributed by atoms with E-state index < -0.39 is 10.0 Å². The van der Waals surface area contributed by atoms with Crippen molar-refractivity contribution in [3.63, 3.8) is 0 Å². The second-order valence-corrected chi connectivity index (χ2v) is 5.87. The van der Waals surface area contributed by atoms with Crippen LogP contribution in [0.15, 0.2) is 0 Å². The number of nitrogens with two attached hydrogens (primary N) is 1. The highest BCUT2D eigenvalue weighted by molar-refractivity contribution is 7.89. The Labute approximate surface area is 91.9 Å². The smallest absolute Gasteiger partial charge is 0.209 e. The van der Waals surface area contributed by atoms with Crippen molar-refractivity contribution in [3.8, 4) is 0 Å². The third-order valence-corrected chi connectivity index (χ3v) is 3.47. The molecule has 90 valence electrons. The third kappa shape index (κ3) is 6.83. The van der Waals surface area contributed by atoms with Crippen LogP contribution in [0.2, 0.25) is 0 Å². The summed E-state index contributed by atoms with van der Waals surface area (Å²) < 4.78 is 21.3. The molecule has 1 aliphatic heterocycles. The Balaban J connectivity index is 1.96. The van der Waals surface area contributed by atoms with E-state index in [1.807, 2.05) is 0 Å². The summed E-state index contributed by atoms with van der Waals surface area (Å²) in [5, 5.41) is 11.5. The average Bonchev–Trinajstić information content (AvgIpc) is 2.17. The lowest BCUT2D eigenvalue weighted by Gasteiger charge is -2.22. The van der Waals surface area contributed by atoms with E-state index in [9.17, 15) is 8.42 Å². The first-order chi connectivity index (χ1) is 7.08. The van der Waals surface area contributed by atoms with Crippen LogP contribution in [-0.2, 0) is 10.0 Å². The molecule has 6 heteroatoms. The molecule has 0 bridgehead atoms. The van der Waals surface area contributed by atoms with Crippen molar-refractivity contribution in [2.45, 2.75) is 19.3 Å². The van der Waals surface area contributed by atoms with Crippen LogP contribution in [0.5, 0.6) is 0 Å². The van der Waals surface area contributed by atoms with Gasteiger partial charge in [-0.05, 0) is 51.4 Å². The van der Waals surface area contributed by atoms with Gasteiger partial charge in [-0.15, -0.1) is 0 Å². The second-order valence-electron chi connectivity index (χ2n) is 4.14. The van der Waals surface area contributed by atoms with Crippen LogP contribution in [0.1, 0.15) is 19.3 Å². The molecule has 4 N–H and O–H groups in total. The molecule has 0 aromatic heterocycles. The van der Waals surface area contributed by atoms with Crippen LogP contribution in [0.25, 0.3) is 0 Å². The number of rotatable bonds is 6. The topological polar surface area (TPSA) is 84.2 Å². The SMILES string of the molecule is NS(=O)(=O)CCCNCC1CCCNC1. The van der Waals surface area contributed by atoms with Crippen LogP contribution in [0.3, 0.4) is 0 Å². The van der Waals surface area contributed by atoms with Gasteiger partial charge < -0.3 is 10.6 Å². The predicted molar refractivity (Wildman–Crippen MR) is 61.1 cm³/mol. The van der Waals surface area contributed by atoms with Crippen LogP contribution >= 0.6 is 0 Å². The van der Waals surface area contributed by atoms with Crippen molar-refractivity contribution < 1.29 is 8.42 Å². The Bertz CT molecular complexity index is 261. The molecule has 1 rings (SSSR count). The zero-order chi connectivity index (χ0) is 11.1.